The molecule has 3 heteroatoms. The molecule has 0 amide bonds. The minimum absolute atomic E-state index is 0.0583. The summed E-state index contributed by atoms with van der Waals surface area (Å²) in [5.41, 5.74) is 1.85. The highest BCUT2D eigenvalue weighted by Crippen LogP contribution is 2.81. The summed E-state index contributed by atoms with van der Waals surface area (Å²) >= 11 is 0. The Morgan fingerprint density at radius 3 is 2.84 bits per heavy atom. The topological polar surface area (TPSA) is 43.4 Å². The molecule has 2 spiro atoms. The predicted molar refractivity (Wildman–Crippen MR) is 92.8 cm³/mol. The molecule has 4 aliphatic carbocycles. The van der Waals surface area contributed by atoms with Gasteiger partial charge in [0, 0.05) is 17.8 Å². The van der Waals surface area contributed by atoms with Gasteiger partial charge in [0.1, 0.15) is 5.78 Å². The summed E-state index contributed by atoms with van der Waals surface area (Å²) in [6, 6.07) is 0. The molecule has 134 valence electrons. The van der Waals surface area contributed by atoms with Crippen molar-refractivity contribution >= 4 is 11.6 Å². The van der Waals surface area contributed by atoms with E-state index in [0.717, 1.165) is 25.7 Å². The molecule has 8 unspecified atom stereocenters. The van der Waals surface area contributed by atoms with Gasteiger partial charge in [-0.3, -0.25) is 9.59 Å². The van der Waals surface area contributed by atoms with Crippen LogP contribution >= 0.6 is 0 Å². The van der Waals surface area contributed by atoms with Gasteiger partial charge >= 0.3 is 0 Å². The molecule has 0 aromatic rings. The Balaban J connectivity index is 1.41. The van der Waals surface area contributed by atoms with Gasteiger partial charge in [0.2, 0.25) is 0 Å². The molecule has 8 atom stereocenters. The first-order valence-corrected chi connectivity index (χ1v) is 10.3. The summed E-state index contributed by atoms with van der Waals surface area (Å²) in [5, 5.41) is 0. The van der Waals surface area contributed by atoms with Crippen molar-refractivity contribution in [2.75, 3.05) is 0 Å². The zero-order valence-electron chi connectivity index (χ0n) is 15.3. The molecule has 2 aliphatic heterocycles. The first-order valence-electron chi connectivity index (χ1n) is 10.3. The third-order valence-electron chi connectivity index (χ3n) is 9.63. The van der Waals surface area contributed by atoms with Crippen LogP contribution in [0.25, 0.3) is 0 Å². The van der Waals surface area contributed by atoms with Gasteiger partial charge in [0.15, 0.2) is 5.78 Å². The summed E-state index contributed by atoms with van der Waals surface area (Å²) in [4.78, 5) is 24.3. The SMILES string of the molecule is CC(=O)C1CCC2C3CC4OC5(CC56CCC(=O)C=C46)C3CCC12C. The van der Waals surface area contributed by atoms with Crippen LogP contribution in [0, 0.1) is 34.5 Å². The molecular formula is C22H28O3. The van der Waals surface area contributed by atoms with Crippen LogP contribution in [0.15, 0.2) is 11.6 Å². The summed E-state index contributed by atoms with van der Waals surface area (Å²) in [5.74, 6) is 3.02. The molecular weight excluding hydrogens is 312 g/mol. The summed E-state index contributed by atoms with van der Waals surface area (Å²) < 4.78 is 6.68. The van der Waals surface area contributed by atoms with E-state index >= 15 is 0 Å². The number of ether oxygens (including phenoxy) is 1. The van der Waals surface area contributed by atoms with Crippen molar-refractivity contribution in [3.05, 3.63) is 11.6 Å². The first-order chi connectivity index (χ1) is 11.9. The Labute approximate surface area is 149 Å². The molecule has 2 heterocycles. The molecule has 0 aromatic heterocycles. The van der Waals surface area contributed by atoms with Crippen LogP contribution in [0.3, 0.4) is 0 Å². The summed E-state index contributed by atoms with van der Waals surface area (Å²) in [7, 11) is 0. The van der Waals surface area contributed by atoms with Crippen LogP contribution in [0.1, 0.15) is 65.2 Å². The van der Waals surface area contributed by atoms with Crippen molar-refractivity contribution in [3.63, 3.8) is 0 Å². The number of hydrogen-bond acceptors (Lipinski definition) is 3. The molecule has 2 bridgehead atoms. The van der Waals surface area contributed by atoms with Gasteiger partial charge in [-0.05, 0) is 86.7 Å². The number of carbonyl (C=O) groups is 2. The third kappa shape index (κ3) is 1.52. The molecule has 0 N–H and O–H groups in total. The fourth-order valence-electron chi connectivity index (χ4n) is 8.65. The zero-order chi connectivity index (χ0) is 17.2. The van der Waals surface area contributed by atoms with Crippen molar-refractivity contribution in [2.24, 2.45) is 34.5 Å². The van der Waals surface area contributed by atoms with E-state index in [9.17, 15) is 9.59 Å². The number of allylic oxidation sites excluding steroid dienone is 1. The van der Waals surface area contributed by atoms with Crippen LogP contribution in [0.5, 0.6) is 0 Å². The fraction of sp³-hybridized carbons (Fsp3) is 0.818. The van der Waals surface area contributed by atoms with E-state index in [1.165, 1.54) is 24.8 Å². The minimum atomic E-state index is 0.0583. The Hall–Kier alpha value is -0.960. The number of fused-ring (bicyclic) bond motifs is 5. The van der Waals surface area contributed by atoms with Crippen LogP contribution in [0.2, 0.25) is 0 Å². The first kappa shape index (κ1) is 15.1. The molecule has 6 aliphatic rings. The second kappa shape index (κ2) is 4.30. The average Bonchev–Trinajstić information content (AvgIpc) is 2.91. The standard InChI is InChI=1S/C22H28O3/c1-12(23)15-3-4-16-14-10-19-18-9-13(24)5-8-21(18)11-22(21,25-19)17(14)6-7-20(15,16)2/h9,14-17,19H,3-8,10-11H2,1-2H3. The summed E-state index contributed by atoms with van der Waals surface area (Å²) in [6.45, 7) is 4.21. The lowest BCUT2D eigenvalue weighted by Crippen LogP contribution is -2.51. The molecule has 5 fully saturated rings. The average molecular weight is 340 g/mol. The Kier molecular flexibility index (Phi) is 2.60. The highest BCUT2D eigenvalue weighted by atomic mass is 16.5. The van der Waals surface area contributed by atoms with Crippen LogP contribution in [-0.2, 0) is 14.3 Å². The molecule has 3 saturated carbocycles. The van der Waals surface area contributed by atoms with Crippen molar-refractivity contribution < 1.29 is 14.3 Å². The smallest absolute Gasteiger partial charge is 0.155 e. The highest BCUT2D eigenvalue weighted by molar-refractivity contribution is 5.92. The van der Waals surface area contributed by atoms with Gasteiger partial charge in [0.05, 0.1) is 11.7 Å². The van der Waals surface area contributed by atoms with Crippen molar-refractivity contribution in [3.8, 4) is 0 Å². The lowest BCUT2D eigenvalue weighted by atomic mass is 9.55. The second-order valence-electron chi connectivity index (χ2n) is 10.2. The lowest BCUT2D eigenvalue weighted by molar-refractivity contribution is -0.151. The number of hydrogen-bond donors (Lipinski definition) is 0. The van der Waals surface area contributed by atoms with Crippen LogP contribution < -0.4 is 0 Å². The van der Waals surface area contributed by atoms with E-state index in [1.807, 2.05) is 6.08 Å². The highest BCUT2D eigenvalue weighted by Gasteiger charge is 2.82. The van der Waals surface area contributed by atoms with Gasteiger partial charge in [-0.15, -0.1) is 0 Å². The Morgan fingerprint density at radius 1 is 1.20 bits per heavy atom. The Morgan fingerprint density at radius 2 is 2.04 bits per heavy atom. The van der Waals surface area contributed by atoms with E-state index in [1.54, 1.807) is 6.92 Å². The van der Waals surface area contributed by atoms with Gasteiger partial charge in [-0.2, -0.15) is 0 Å². The Bertz CT molecular complexity index is 738. The third-order valence-corrected chi connectivity index (χ3v) is 9.63. The maximum absolute atomic E-state index is 12.2. The molecule has 0 radical (unpaired) electrons. The monoisotopic (exact) mass is 340 g/mol. The second-order valence-corrected chi connectivity index (χ2v) is 10.2. The minimum Gasteiger partial charge on any atom is -0.366 e. The normalized spacial score (nSPS) is 57.9. The molecule has 2 saturated heterocycles. The fourth-order valence-corrected chi connectivity index (χ4v) is 8.65. The maximum Gasteiger partial charge on any atom is 0.155 e. The van der Waals surface area contributed by atoms with E-state index < -0.39 is 0 Å². The predicted octanol–water partition coefficient (Wildman–Crippen LogP) is 3.85. The van der Waals surface area contributed by atoms with Gasteiger partial charge in [-0.1, -0.05) is 6.92 Å². The van der Waals surface area contributed by atoms with E-state index in [0.29, 0.717) is 35.7 Å². The van der Waals surface area contributed by atoms with Crippen LogP contribution in [0.4, 0.5) is 0 Å². The number of Topliss-reactive ketones (excluding diaryl/α,β-unsaturated/α-hetero) is 1. The number of ketones is 2. The van der Waals surface area contributed by atoms with E-state index in [-0.39, 0.29) is 28.5 Å². The van der Waals surface area contributed by atoms with Gasteiger partial charge in [0.25, 0.3) is 0 Å². The quantitative estimate of drug-likeness (QED) is 0.728. The number of rotatable bonds is 1. The molecule has 0 aromatic carbocycles. The maximum atomic E-state index is 12.2. The number of carbonyl (C=O) groups excluding carboxylic acids is 2. The summed E-state index contributed by atoms with van der Waals surface area (Å²) in [6.07, 6.45) is 10.9. The van der Waals surface area contributed by atoms with Crippen molar-refractivity contribution in [2.45, 2.75) is 76.9 Å². The lowest BCUT2D eigenvalue weighted by Gasteiger charge is -2.53. The van der Waals surface area contributed by atoms with Gasteiger partial charge < -0.3 is 4.74 Å². The molecule has 3 nitrogen and oxygen atoms in total. The van der Waals surface area contributed by atoms with Crippen molar-refractivity contribution in [1.82, 2.24) is 0 Å². The zero-order valence-corrected chi connectivity index (χ0v) is 15.3. The molecule has 25 heavy (non-hydrogen) atoms. The largest absolute Gasteiger partial charge is 0.366 e. The van der Waals surface area contributed by atoms with Crippen molar-refractivity contribution in [1.29, 1.82) is 0 Å². The van der Waals surface area contributed by atoms with E-state index in [4.69, 9.17) is 4.74 Å². The molecule has 6 rings (SSSR count). The van der Waals surface area contributed by atoms with Crippen LogP contribution in [-0.4, -0.2) is 23.3 Å². The van der Waals surface area contributed by atoms with E-state index in [2.05, 4.69) is 6.92 Å². The van der Waals surface area contributed by atoms with Gasteiger partial charge in [-0.25, -0.2) is 0 Å².